The highest BCUT2D eigenvalue weighted by Crippen LogP contribution is 2.38. The van der Waals surface area contributed by atoms with Crippen molar-refractivity contribution in [1.29, 1.82) is 0 Å². The van der Waals surface area contributed by atoms with E-state index in [9.17, 15) is 23.1 Å². The molecule has 5 nitrogen and oxygen atoms in total. The minimum absolute atomic E-state index is 0.129. The number of nitrogens with zero attached hydrogens (tertiary/aromatic N) is 3. The number of carbonyl (C=O) groups is 1. The number of aromatic nitrogens is 2. The number of aliphatic hydroxyl groups is 1. The molecule has 21 heavy (non-hydrogen) atoms. The first-order chi connectivity index (χ1) is 9.44. The van der Waals surface area contributed by atoms with E-state index in [0.717, 1.165) is 4.90 Å². The van der Waals surface area contributed by atoms with Gasteiger partial charge in [-0.15, -0.1) is 0 Å². The van der Waals surface area contributed by atoms with E-state index >= 15 is 0 Å². The van der Waals surface area contributed by atoms with Crippen LogP contribution in [0.2, 0.25) is 0 Å². The Labute approximate surface area is 120 Å². The number of likely N-dealkylation sites (tertiary alicyclic amines) is 1. The summed E-state index contributed by atoms with van der Waals surface area (Å²) in [5.74, 6) is -0.550. The van der Waals surface area contributed by atoms with E-state index in [1.165, 1.54) is 12.4 Å². The van der Waals surface area contributed by atoms with Crippen molar-refractivity contribution < 1.29 is 23.1 Å². The molecule has 0 spiro atoms. The van der Waals surface area contributed by atoms with Gasteiger partial charge < -0.3 is 10.0 Å². The minimum atomic E-state index is -4.74. The van der Waals surface area contributed by atoms with Crippen LogP contribution >= 0.6 is 0 Å². The molecule has 1 N–H and O–H groups in total. The van der Waals surface area contributed by atoms with Gasteiger partial charge in [0, 0.05) is 19.2 Å². The van der Waals surface area contributed by atoms with Crippen molar-refractivity contribution in [2.75, 3.05) is 13.1 Å². The van der Waals surface area contributed by atoms with Crippen molar-refractivity contribution in [2.24, 2.45) is 0 Å². The molecule has 0 aliphatic carbocycles. The normalized spacial score (nSPS) is 23.7. The van der Waals surface area contributed by atoms with Gasteiger partial charge in [-0.25, -0.2) is 0 Å². The van der Waals surface area contributed by atoms with Crippen LogP contribution in [0.15, 0.2) is 12.4 Å². The van der Waals surface area contributed by atoms with E-state index in [1.54, 1.807) is 4.68 Å². The smallest absolute Gasteiger partial charge is 0.379 e. The first kappa shape index (κ1) is 15.8. The maximum Gasteiger partial charge on any atom is 0.419 e. The van der Waals surface area contributed by atoms with Gasteiger partial charge in [0.2, 0.25) is 0 Å². The summed E-state index contributed by atoms with van der Waals surface area (Å²) < 4.78 is 39.8. The number of hydrogen-bond donors (Lipinski definition) is 1. The molecule has 118 valence electrons. The van der Waals surface area contributed by atoms with Crippen molar-refractivity contribution in [2.45, 2.75) is 44.5 Å². The Hall–Kier alpha value is -1.57. The maximum atomic E-state index is 12.7. The molecule has 1 aromatic rings. The monoisotopic (exact) mass is 305 g/mol. The SMILES string of the molecule is CC(C)(C)n1cc(C(=O)N2CC[C@](O)(C(F)(F)F)C2)cn1. The standard InChI is InChI=1S/C13H18F3N3O2/c1-11(2,3)19-7-9(6-17-19)10(20)18-5-4-12(21,8-18)13(14,15)16/h6-7,21H,4-5,8H2,1-3H3/t12-/m1/s1. The summed E-state index contributed by atoms with van der Waals surface area (Å²) >= 11 is 0. The van der Waals surface area contributed by atoms with Crippen LogP contribution in [0.1, 0.15) is 37.6 Å². The van der Waals surface area contributed by atoms with Gasteiger partial charge >= 0.3 is 6.18 Å². The van der Waals surface area contributed by atoms with Crippen LogP contribution in [0.5, 0.6) is 0 Å². The fourth-order valence-electron chi connectivity index (χ4n) is 2.18. The van der Waals surface area contributed by atoms with Crippen molar-refractivity contribution in [1.82, 2.24) is 14.7 Å². The Morgan fingerprint density at radius 1 is 1.38 bits per heavy atom. The molecule has 0 radical (unpaired) electrons. The van der Waals surface area contributed by atoms with E-state index in [1.807, 2.05) is 20.8 Å². The molecule has 1 atom stereocenters. The lowest BCUT2D eigenvalue weighted by Crippen LogP contribution is -2.48. The number of alkyl halides is 3. The third-order valence-electron chi connectivity index (χ3n) is 3.58. The van der Waals surface area contributed by atoms with Gasteiger partial charge in [-0.1, -0.05) is 0 Å². The Kier molecular flexibility index (Phi) is 3.56. The van der Waals surface area contributed by atoms with Gasteiger partial charge in [0.1, 0.15) is 0 Å². The number of β-amino-alcohol motifs (C(OH)–C–C–N with tert-alkyl or cyclic N) is 1. The van der Waals surface area contributed by atoms with E-state index < -0.39 is 30.7 Å². The summed E-state index contributed by atoms with van der Waals surface area (Å²) in [4.78, 5) is 13.2. The van der Waals surface area contributed by atoms with Crippen LogP contribution in [0.4, 0.5) is 13.2 Å². The second-order valence-electron chi connectivity index (χ2n) is 6.35. The summed E-state index contributed by atoms with van der Waals surface area (Å²) in [5, 5.41) is 13.6. The summed E-state index contributed by atoms with van der Waals surface area (Å²) in [5.41, 5.74) is -2.92. The zero-order chi connectivity index (χ0) is 16.1. The van der Waals surface area contributed by atoms with Crippen LogP contribution in [0.25, 0.3) is 0 Å². The van der Waals surface area contributed by atoms with E-state index in [0.29, 0.717) is 0 Å². The molecule has 1 aromatic heterocycles. The van der Waals surface area contributed by atoms with Gasteiger partial charge in [0.25, 0.3) is 5.91 Å². The lowest BCUT2D eigenvalue weighted by atomic mass is 10.0. The second kappa shape index (κ2) is 4.72. The van der Waals surface area contributed by atoms with E-state index in [2.05, 4.69) is 5.10 Å². The molecule has 1 aliphatic heterocycles. The first-order valence-corrected chi connectivity index (χ1v) is 6.58. The molecular formula is C13H18F3N3O2. The highest BCUT2D eigenvalue weighted by atomic mass is 19.4. The number of halogens is 3. The molecule has 2 rings (SSSR count). The number of rotatable bonds is 1. The molecule has 0 saturated carbocycles. The fraction of sp³-hybridized carbons (Fsp3) is 0.692. The molecule has 1 aliphatic rings. The Bertz CT molecular complexity index is 548. The van der Waals surface area contributed by atoms with Crippen LogP contribution in [-0.2, 0) is 5.54 Å². The number of hydrogen-bond acceptors (Lipinski definition) is 3. The average Bonchev–Trinajstić information content (AvgIpc) is 2.93. The van der Waals surface area contributed by atoms with Gasteiger partial charge in [0.05, 0.1) is 23.8 Å². The molecule has 8 heteroatoms. The maximum absolute atomic E-state index is 12.7. The first-order valence-electron chi connectivity index (χ1n) is 6.58. The topological polar surface area (TPSA) is 58.4 Å². The lowest BCUT2D eigenvalue weighted by Gasteiger charge is -2.25. The Morgan fingerprint density at radius 3 is 2.43 bits per heavy atom. The molecule has 2 heterocycles. The van der Waals surface area contributed by atoms with Crippen molar-refractivity contribution >= 4 is 5.91 Å². The van der Waals surface area contributed by atoms with Crippen LogP contribution in [0, 0.1) is 0 Å². The van der Waals surface area contributed by atoms with Crippen LogP contribution < -0.4 is 0 Å². The summed E-state index contributed by atoms with van der Waals surface area (Å²) in [6.45, 7) is 4.82. The van der Waals surface area contributed by atoms with Gasteiger partial charge in [-0.05, 0) is 20.8 Å². The van der Waals surface area contributed by atoms with Gasteiger partial charge in [0.15, 0.2) is 5.60 Å². The molecule has 0 aromatic carbocycles. The van der Waals surface area contributed by atoms with Gasteiger partial charge in [-0.2, -0.15) is 18.3 Å². The third kappa shape index (κ3) is 2.90. The van der Waals surface area contributed by atoms with E-state index in [4.69, 9.17) is 0 Å². The Balaban J connectivity index is 2.14. The van der Waals surface area contributed by atoms with Crippen molar-refractivity contribution in [3.63, 3.8) is 0 Å². The van der Waals surface area contributed by atoms with E-state index in [-0.39, 0.29) is 17.6 Å². The minimum Gasteiger partial charge on any atom is -0.379 e. The third-order valence-corrected chi connectivity index (χ3v) is 3.58. The quantitative estimate of drug-likeness (QED) is 0.860. The molecule has 1 amide bonds. The predicted octanol–water partition coefficient (Wildman–Crippen LogP) is 1.78. The summed E-state index contributed by atoms with van der Waals surface area (Å²) in [6, 6.07) is 0. The van der Waals surface area contributed by atoms with Crippen LogP contribution in [0.3, 0.4) is 0 Å². The Morgan fingerprint density at radius 2 is 2.00 bits per heavy atom. The molecule has 1 fully saturated rings. The largest absolute Gasteiger partial charge is 0.419 e. The lowest BCUT2D eigenvalue weighted by molar-refractivity contribution is -0.253. The van der Waals surface area contributed by atoms with Crippen molar-refractivity contribution in [3.05, 3.63) is 18.0 Å². The molecule has 1 saturated heterocycles. The zero-order valence-electron chi connectivity index (χ0n) is 12.1. The highest BCUT2D eigenvalue weighted by molar-refractivity contribution is 5.94. The predicted molar refractivity (Wildman–Crippen MR) is 68.7 cm³/mol. The summed E-state index contributed by atoms with van der Waals surface area (Å²) in [7, 11) is 0. The zero-order valence-corrected chi connectivity index (χ0v) is 12.1. The second-order valence-corrected chi connectivity index (χ2v) is 6.35. The van der Waals surface area contributed by atoms with Crippen molar-refractivity contribution in [3.8, 4) is 0 Å². The number of carbonyl (C=O) groups excluding carboxylic acids is 1. The van der Waals surface area contributed by atoms with Gasteiger partial charge in [-0.3, -0.25) is 9.48 Å². The fourth-order valence-corrected chi connectivity index (χ4v) is 2.18. The number of amides is 1. The average molecular weight is 305 g/mol. The molecule has 0 unspecified atom stereocenters. The molecule has 0 bridgehead atoms. The highest BCUT2D eigenvalue weighted by Gasteiger charge is 2.57. The summed E-state index contributed by atoms with van der Waals surface area (Å²) in [6.07, 6.45) is -2.40. The van der Waals surface area contributed by atoms with Crippen LogP contribution in [-0.4, -0.2) is 50.6 Å². The molecular weight excluding hydrogens is 287 g/mol.